The Kier molecular flexibility index (Phi) is 16.3. The first-order chi connectivity index (χ1) is 67.0. The zero-order valence-corrected chi connectivity index (χ0v) is 73.5. The van der Waals surface area contributed by atoms with Gasteiger partial charge < -0.3 is 36.1 Å². The lowest BCUT2D eigenvalue weighted by atomic mass is 10.0. The van der Waals surface area contributed by atoms with Crippen molar-refractivity contribution in [1.29, 1.82) is 0 Å². The largest absolute Gasteiger partial charge is 0.456 e. The normalized spacial score (nSPS) is 12.1. The third-order valence-electron chi connectivity index (χ3n) is 28.4. The third kappa shape index (κ3) is 11.2. The molecule has 0 saturated heterocycles. The molecular formula is C126H75N5O3S. The van der Waals surface area contributed by atoms with E-state index in [2.05, 4.69) is 460 Å². The van der Waals surface area contributed by atoms with E-state index in [-0.39, 0.29) is 0 Å². The summed E-state index contributed by atoms with van der Waals surface area (Å²) in [5.41, 5.74) is 28.4. The summed E-state index contributed by atoms with van der Waals surface area (Å²) in [7, 11) is 0. The smallest absolute Gasteiger partial charge is 0.136 e. The van der Waals surface area contributed by atoms with Gasteiger partial charge in [-0.1, -0.05) is 285 Å². The van der Waals surface area contributed by atoms with Gasteiger partial charge in [-0.3, -0.25) is 0 Å². The van der Waals surface area contributed by atoms with Crippen LogP contribution in [0.2, 0.25) is 0 Å². The number of aromatic nitrogens is 5. The van der Waals surface area contributed by atoms with E-state index in [9.17, 15) is 0 Å². The van der Waals surface area contributed by atoms with Crippen molar-refractivity contribution in [3.63, 3.8) is 0 Å². The average molecular weight is 1740 g/mol. The highest BCUT2D eigenvalue weighted by Crippen LogP contribution is 2.49. The molecule has 0 aliphatic heterocycles. The molecule has 0 saturated carbocycles. The SMILES string of the molecule is c1ccc(-n2c3ccccc3c3cc(-c4ccc(-n5c6ccccc6c6ccc7c(ccc8oc9ccccc9c87)c65)cc4)ccc32)cc1.c1ccc(-n2c3ccccc3c3cc(-n4c5ccccc5c5ccc6c(ccc7oc8ccccc8c76)c54)ccc32)cc1.c1ccc2c(c1)oc1ccc3c(ccc4c5ccccc5n(-c5ccc(-c6cccc7c6sc6ccccc67)cc5)c34)c12. The molecule has 9 heteroatoms. The first-order valence-electron chi connectivity index (χ1n) is 46.1. The van der Waals surface area contributed by atoms with Gasteiger partial charge in [-0.15, -0.1) is 11.3 Å². The number of hydrogen-bond acceptors (Lipinski definition) is 4. The van der Waals surface area contributed by atoms with E-state index in [0.29, 0.717) is 0 Å². The second-order valence-electron chi connectivity index (χ2n) is 35.5. The first kappa shape index (κ1) is 75.1. The molecule has 0 aliphatic carbocycles. The van der Waals surface area contributed by atoms with Crippen molar-refractivity contribution in [2.75, 3.05) is 0 Å². The molecule has 0 spiro atoms. The fourth-order valence-electron chi connectivity index (χ4n) is 22.6. The highest BCUT2D eigenvalue weighted by molar-refractivity contribution is 7.26. The van der Waals surface area contributed by atoms with Gasteiger partial charge in [0, 0.05) is 151 Å². The number of thiophene rings is 1. The highest BCUT2D eigenvalue weighted by Gasteiger charge is 2.26. The summed E-state index contributed by atoms with van der Waals surface area (Å²) in [6.45, 7) is 0. The van der Waals surface area contributed by atoms with Crippen LogP contribution in [0.25, 0.3) is 278 Å². The molecule has 8 nitrogen and oxygen atoms in total. The van der Waals surface area contributed by atoms with Gasteiger partial charge in [0.05, 0.1) is 55.2 Å². The van der Waals surface area contributed by atoms with Crippen LogP contribution in [0.5, 0.6) is 0 Å². The van der Waals surface area contributed by atoms with E-state index in [1.165, 1.54) is 211 Å². The number of hydrogen-bond donors (Lipinski definition) is 0. The van der Waals surface area contributed by atoms with Gasteiger partial charge in [0.25, 0.3) is 0 Å². The van der Waals surface area contributed by atoms with Crippen molar-refractivity contribution in [1.82, 2.24) is 22.8 Å². The third-order valence-corrected chi connectivity index (χ3v) is 29.6. The summed E-state index contributed by atoms with van der Waals surface area (Å²) < 4.78 is 33.5. The Hall–Kier alpha value is -17.8. The number of benzene rings is 22. The van der Waals surface area contributed by atoms with Crippen LogP contribution in [0.4, 0.5) is 0 Å². The lowest BCUT2D eigenvalue weighted by molar-refractivity contribution is 0.669. The van der Waals surface area contributed by atoms with Gasteiger partial charge >= 0.3 is 0 Å². The number of rotatable bonds is 7. The van der Waals surface area contributed by atoms with Gasteiger partial charge in [0.2, 0.25) is 0 Å². The standard InChI is InChI=1S/C46H28N2O.C40H24N2O.C40H23NOS/c1-2-10-31(11-3-1)47-40-15-7-5-13-34(40)39-28-30(20-26-42(39)47)29-18-21-32(22-19-29)48-41-16-8-4-12-33(41)36-24-23-35-37(46(36)48)25-27-44-45(35)38-14-6-9-17-43(38)49-44;1-2-10-25(11-3-1)41-34-15-7-5-13-28(34)33-24-26(18-22-36(33)41)42-35-16-8-4-12-27(35)30-20-19-29-31(40(30)42)21-23-38-39(29)32-14-6-9-17-37(32)43-38;1-4-13-34-27(8-1)30-21-20-29-31(22-23-36-38(29)33-10-2-5-14-35(33)42-36)39(30)41(34)25-18-16-24(17-19-25)26-11-7-12-32-28-9-3-6-15-37(28)43-40(26)32/h1-28H;1-24H;1-23H. The number of furan rings is 3. The Balaban J connectivity index is 0.0000000987. The minimum absolute atomic E-state index is 0.920. The van der Waals surface area contributed by atoms with Crippen LogP contribution in [0.3, 0.4) is 0 Å². The quantitative estimate of drug-likeness (QED) is 0.160. The minimum Gasteiger partial charge on any atom is -0.456 e. The second-order valence-corrected chi connectivity index (χ2v) is 36.6. The molecule has 22 aromatic carbocycles. The lowest BCUT2D eigenvalue weighted by Gasteiger charge is -2.12. The zero-order valence-electron chi connectivity index (χ0n) is 72.7. The van der Waals surface area contributed by atoms with E-state index in [4.69, 9.17) is 13.3 Å². The minimum atomic E-state index is 0.920. The molecule has 0 radical (unpaired) electrons. The van der Waals surface area contributed by atoms with Crippen LogP contribution in [-0.4, -0.2) is 22.8 Å². The van der Waals surface area contributed by atoms with Crippen LogP contribution in [0.1, 0.15) is 0 Å². The lowest BCUT2D eigenvalue weighted by Crippen LogP contribution is -1.96. The van der Waals surface area contributed by atoms with E-state index < -0.39 is 0 Å². The van der Waals surface area contributed by atoms with E-state index in [0.717, 1.165) is 66.7 Å². The summed E-state index contributed by atoms with van der Waals surface area (Å²) in [5, 5.41) is 29.5. The predicted octanol–water partition coefficient (Wildman–Crippen LogP) is 35.4. The second kappa shape index (κ2) is 29.4. The van der Waals surface area contributed by atoms with Crippen LogP contribution in [-0.2, 0) is 0 Å². The van der Waals surface area contributed by atoms with Crippen LogP contribution >= 0.6 is 11.3 Å². The fourth-order valence-corrected chi connectivity index (χ4v) is 23.8. The summed E-state index contributed by atoms with van der Waals surface area (Å²) in [4.78, 5) is 0. The Morgan fingerprint density at radius 3 is 0.896 bits per heavy atom. The Labute approximate surface area is 774 Å². The average Bonchev–Trinajstić information content (AvgIpc) is 1.57. The maximum atomic E-state index is 6.27. The first-order valence-corrected chi connectivity index (χ1v) is 46.9. The summed E-state index contributed by atoms with van der Waals surface area (Å²) in [6.07, 6.45) is 0. The number of para-hydroxylation sites is 10. The van der Waals surface area contributed by atoms with Gasteiger partial charge in [0.1, 0.15) is 33.5 Å². The monoisotopic (exact) mass is 1740 g/mol. The maximum absolute atomic E-state index is 6.27. The molecule has 135 heavy (non-hydrogen) atoms. The van der Waals surface area contributed by atoms with E-state index >= 15 is 0 Å². The van der Waals surface area contributed by atoms with Crippen molar-refractivity contribution in [2.45, 2.75) is 0 Å². The number of nitrogens with zero attached hydrogens (tertiary/aromatic N) is 5. The Morgan fingerprint density at radius 1 is 0.156 bits per heavy atom. The van der Waals surface area contributed by atoms with Crippen molar-refractivity contribution in [3.8, 4) is 50.7 Å². The Bertz CT molecular complexity index is 10400. The molecule has 0 atom stereocenters. The van der Waals surface area contributed by atoms with Crippen molar-refractivity contribution in [3.05, 3.63) is 455 Å². The predicted molar refractivity (Wildman–Crippen MR) is 569 cm³/mol. The topological polar surface area (TPSA) is 64.1 Å². The van der Waals surface area contributed by atoms with Crippen molar-refractivity contribution in [2.24, 2.45) is 0 Å². The molecule has 0 bridgehead atoms. The van der Waals surface area contributed by atoms with Gasteiger partial charge in [-0.05, 0) is 208 Å². The molecule has 31 aromatic rings. The molecule has 0 fully saturated rings. The van der Waals surface area contributed by atoms with Crippen LogP contribution in [0, 0.1) is 0 Å². The molecule has 0 unspecified atom stereocenters. The molecule has 628 valence electrons. The number of fused-ring (bicyclic) bond motifs is 36. The molecule has 9 aromatic heterocycles. The maximum Gasteiger partial charge on any atom is 0.136 e. The summed E-state index contributed by atoms with van der Waals surface area (Å²) >= 11 is 1.88. The Morgan fingerprint density at radius 2 is 0.452 bits per heavy atom. The molecule has 0 N–H and O–H groups in total. The summed E-state index contributed by atoms with van der Waals surface area (Å²) in [5.74, 6) is 0. The van der Waals surface area contributed by atoms with Crippen molar-refractivity contribution < 1.29 is 13.3 Å². The fraction of sp³-hybridized carbons (Fsp3) is 0. The molecule has 0 aliphatic rings. The zero-order chi connectivity index (χ0) is 88.2. The molecule has 0 amide bonds. The molecule has 9 heterocycles. The molecular weight excluding hydrogens is 1660 g/mol. The van der Waals surface area contributed by atoms with Crippen LogP contribution < -0.4 is 0 Å². The highest BCUT2D eigenvalue weighted by atomic mass is 32.1. The van der Waals surface area contributed by atoms with Gasteiger partial charge in [-0.2, -0.15) is 0 Å². The van der Waals surface area contributed by atoms with Gasteiger partial charge in [-0.25, -0.2) is 0 Å². The van der Waals surface area contributed by atoms with Gasteiger partial charge in [0.15, 0.2) is 0 Å². The van der Waals surface area contributed by atoms with Crippen molar-refractivity contribution >= 4 is 239 Å². The van der Waals surface area contributed by atoms with Crippen LogP contribution in [0.15, 0.2) is 468 Å². The molecule has 31 rings (SSSR count). The van der Waals surface area contributed by atoms with E-state index in [1.807, 2.05) is 29.5 Å². The summed E-state index contributed by atoms with van der Waals surface area (Å²) in [6, 6.07) is 164. The van der Waals surface area contributed by atoms with E-state index in [1.54, 1.807) is 0 Å².